The number of para-hydroxylation sites is 1. The smallest absolute Gasteiger partial charge is 0.0541 e. The molecule has 0 bridgehead atoms. The van der Waals surface area contributed by atoms with E-state index < -0.39 is 0 Å². The van der Waals surface area contributed by atoms with Gasteiger partial charge in [0, 0.05) is 6.07 Å². The van der Waals surface area contributed by atoms with E-state index >= 15 is 0 Å². The third kappa shape index (κ3) is 2.58. The van der Waals surface area contributed by atoms with Crippen molar-refractivity contribution in [3.05, 3.63) is 103 Å². The van der Waals surface area contributed by atoms with E-state index in [-0.39, 0.29) is 0 Å². The molecule has 1 nitrogen and oxygen atoms in total. The summed E-state index contributed by atoms with van der Waals surface area (Å²) in [4.78, 5) is 0. The number of hydrogen-bond donors (Lipinski definition) is 0. The van der Waals surface area contributed by atoms with E-state index in [4.69, 9.17) is 0 Å². The Morgan fingerprint density at radius 2 is 1.04 bits per heavy atom. The van der Waals surface area contributed by atoms with Gasteiger partial charge in [-0.3, -0.25) is 0 Å². The molecule has 0 unspecified atom stereocenters. The highest BCUT2D eigenvalue weighted by Gasteiger charge is 2.12. The Bertz CT molecular complexity index is 834. The Morgan fingerprint density at radius 1 is 0.522 bits per heavy atom. The van der Waals surface area contributed by atoms with Crippen LogP contribution in [0.1, 0.15) is 0 Å². The molecular weight excluding hydrogens is 278 g/mol. The zero-order valence-corrected chi connectivity index (χ0v) is 12.7. The zero-order chi connectivity index (χ0) is 15.5. The molecule has 0 atom stereocenters. The number of aromatic nitrogens is 1. The van der Waals surface area contributed by atoms with Gasteiger partial charge in [-0.2, -0.15) is 0 Å². The number of benzene rings is 3. The topological polar surface area (TPSA) is 4.93 Å². The Morgan fingerprint density at radius 3 is 1.52 bits per heavy atom. The first kappa shape index (κ1) is 13.6. The van der Waals surface area contributed by atoms with Gasteiger partial charge in [-0.1, -0.05) is 78.9 Å². The van der Waals surface area contributed by atoms with Crippen LogP contribution < -0.4 is 0 Å². The molecule has 1 radical (unpaired) electrons. The average molecular weight is 294 g/mol. The predicted octanol–water partition coefficient (Wildman–Crippen LogP) is 5.61. The molecule has 0 amide bonds. The van der Waals surface area contributed by atoms with Gasteiger partial charge < -0.3 is 4.57 Å². The van der Waals surface area contributed by atoms with Crippen molar-refractivity contribution in [3.8, 4) is 28.2 Å². The quantitative estimate of drug-likeness (QED) is 0.462. The standard InChI is InChI=1S/C22H16N/c1-4-10-18(11-5-1)21-16-17-22(19-12-6-2-7-13-19)23(21)20-14-8-3-9-15-20/h1-14,16-17H. The molecule has 1 aromatic heterocycles. The second kappa shape index (κ2) is 5.98. The first-order valence-corrected chi connectivity index (χ1v) is 7.73. The summed E-state index contributed by atoms with van der Waals surface area (Å²) in [7, 11) is 0. The molecule has 0 aliphatic heterocycles. The largest absolute Gasteiger partial charge is 0.309 e. The van der Waals surface area contributed by atoms with Gasteiger partial charge in [-0.15, -0.1) is 0 Å². The molecule has 4 aromatic rings. The minimum absolute atomic E-state index is 1.05. The van der Waals surface area contributed by atoms with Gasteiger partial charge in [0.25, 0.3) is 0 Å². The molecule has 1 heteroatoms. The Hall–Kier alpha value is -3.06. The van der Waals surface area contributed by atoms with Gasteiger partial charge in [0.05, 0.1) is 17.1 Å². The Labute approximate surface area is 136 Å². The first-order valence-electron chi connectivity index (χ1n) is 7.73. The van der Waals surface area contributed by atoms with E-state index in [1.54, 1.807) is 0 Å². The molecule has 0 aliphatic carbocycles. The first-order chi connectivity index (χ1) is 11.4. The van der Waals surface area contributed by atoms with Crippen LogP contribution >= 0.6 is 0 Å². The highest BCUT2D eigenvalue weighted by Crippen LogP contribution is 2.31. The second-order valence-electron chi connectivity index (χ2n) is 5.42. The van der Waals surface area contributed by atoms with Gasteiger partial charge in [0.1, 0.15) is 0 Å². The maximum Gasteiger partial charge on any atom is 0.0541 e. The second-order valence-corrected chi connectivity index (χ2v) is 5.42. The molecule has 4 rings (SSSR count). The molecule has 0 aliphatic rings. The lowest BCUT2D eigenvalue weighted by atomic mass is 10.1. The number of nitrogens with zero attached hydrogens (tertiary/aromatic N) is 1. The van der Waals surface area contributed by atoms with Crippen LogP contribution in [0.4, 0.5) is 0 Å². The predicted molar refractivity (Wildman–Crippen MR) is 95.5 cm³/mol. The van der Waals surface area contributed by atoms with Gasteiger partial charge in [-0.05, 0) is 29.3 Å². The number of rotatable bonds is 3. The van der Waals surface area contributed by atoms with Gasteiger partial charge >= 0.3 is 0 Å². The third-order valence-electron chi connectivity index (χ3n) is 3.95. The van der Waals surface area contributed by atoms with Crippen molar-refractivity contribution in [1.82, 2.24) is 4.57 Å². The molecule has 0 saturated heterocycles. The maximum absolute atomic E-state index is 3.35. The average Bonchev–Trinajstić information content (AvgIpc) is 3.09. The summed E-state index contributed by atoms with van der Waals surface area (Å²) in [6, 6.07) is 36.8. The molecule has 0 fully saturated rings. The van der Waals surface area contributed by atoms with Crippen molar-refractivity contribution in [2.45, 2.75) is 0 Å². The minimum atomic E-state index is 1.05. The van der Waals surface area contributed by atoms with Crippen molar-refractivity contribution < 1.29 is 0 Å². The Kier molecular flexibility index (Phi) is 3.53. The molecule has 1 heterocycles. The lowest BCUT2D eigenvalue weighted by molar-refractivity contribution is 1.09. The minimum Gasteiger partial charge on any atom is -0.309 e. The fourth-order valence-electron chi connectivity index (χ4n) is 2.89. The summed E-state index contributed by atoms with van der Waals surface area (Å²) >= 11 is 0. The highest BCUT2D eigenvalue weighted by molar-refractivity contribution is 5.73. The Balaban J connectivity index is 1.97. The molecule has 23 heavy (non-hydrogen) atoms. The normalized spacial score (nSPS) is 10.6. The lowest BCUT2D eigenvalue weighted by Gasteiger charge is -2.14. The van der Waals surface area contributed by atoms with Crippen LogP contribution in [-0.4, -0.2) is 4.57 Å². The maximum atomic E-state index is 3.35. The molecular formula is C22H16N. The van der Waals surface area contributed by atoms with Crippen LogP contribution in [0, 0.1) is 6.07 Å². The van der Waals surface area contributed by atoms with E-state index in [2.05, 4.69) is 83.4 Å². The SMILES string of the molecule is [c]1ccccc1-n1c(-c2ccccc2)ccc1-c1ccccc1. The molecule has 109 valence electrons. The molecule has 0 saturated carbocycles. The van der Waals surface area contributed by atoms with Crippen LogP contribution in [0.5, 0.6) is 0 Å². The molecule has 0 spiro atoms. The van der Waals surface area contributed by atoms with E-state index in [1.807, 2.05) is 24.3 Å². The monoisotopic (exact) mass is 294 g/mol. The van der Waals surface area contributed by atoms with Crippen molar-refractivity contribution in [2.24, 2.45) is 0 Å². The summed E-state index contributed by atoms with van der Waals surface area (Å²) in [5.74, 6) is 0. The summed E-state index contributed by atoms with van der Waals surface area (Å²) in [5.41, 5.74) is 5.80. The molecule has 3 aromatic carbocycles. The van der Waals surface area contributed by atoms with Gasteiger partial charge in [0.15, 0.2) is 0 Å². The van der Waals surface area contributed by atoms with E-state index in [0.717, 1.165) is 5.69 Å². The fraction of sp³-hybridized carbons (Fsp3) is 0. The summed E-state index contributed by atoms with van der Waals surface area (Å²) in [6.07, 6.45) is 0. The molecule has 0 N–H and O–H groups in total. The van der Waals surface area contributed by atoms with Gasteiger partial charge in [0.2, 0.25) is 0 Å². The van der Waals surface area contributed by atoms with Crippen LogP contribution in [0.2, 0.25) is 0 Å². The van der Waals surface area contributed by atoms with Crippen LogP contribution in [0.25, 0.3) is 28.2 Å². The highest BCUT2D eigenvalue weighted by atomic mass is 15.0. The van der Waals surface area contributed by atoms with Crippen molar-refractivity contribution in [2.75, 3.05) is 0 Å². The summed E-state index contributed by atoms with van der Waals surface area (Å²) in [5, 5.41) is 0. The van der Waals surface area contributed by atoms with Crippen molar-refractivity contribution in [1.29, 1.82) is 0 Å². The summed E-state index contributed by atoms with van der Waals surface area (Å²) in [6.45, 7) is 0. The van der Waals surface area contributed by atoms with Crippen molar-refractivity contribution >= 4 is 0 Å². The zero-order valence-electron chi connectivity index (χ0n) is 12.7. The lowest BCUT2D eigenvalue weighted by Crippen LogP contribution is -1.99. The van der Waals surface area contributed by atoms with Crippen LogP contribution in [0.15, 0.2) is 97.1 Å². The van der Waals surface area contributed by atoms with E-state index in [9.17, 15) is 0 Å². The third-order valence-corrected chi connectivity index (χ3v) is 3.95. The number of hydrogen-bond acceptors (Lipinski definition) is 0. The fourth-order valence-corrected chi connectivity index (χ4v) is 2.89. The van der Waals surface area contributed by atoms with E-state index in [1.165, 1.54) is 22.5 Å². The van der Waals surface area contributed by atoms with Crippen LogP contribution in [-0.2, 0) is 0 Å². The van der Waals surface area contributed by atoms with Crippen LogP contribution in [0.3, 0.4) is 0 Å². The van der Waals surface area contributed by atoms with E-state index in [0.29, 0.717) is 0 Å². The van der Waals surface area contributed by atoms with Gasteiger partial charge in [-0.25, -0.2) is 0 Å². The summed E-state index contributed by atoms with van der Waals surface area (Å²) < 4.78 is 2.27. The van der Waals surface area contributed by atoms with Crippen molar-refractivity contribution in [3.63, 3.8) is 0 Å².